The molecule has 0 unspecified atom stereocenters. The van der Waals surface area contributed by atoms with Crippen LogP contribution in [-0.2, 0) is 10.2 Å². The molecule has 16 heavy (non-hydrogen) atoms. The van der Waals surface area contributed by atoms with E-state index in [2.05, 4.69) is 22.0 Å². The highest BCUT2D eigenvalue weighted by molar-refractivity contribution is 9.10. The summed E-state index contributed by atoms with van der Waals surface area (Å²) in [4.78, 5) is 11.2. The zero-order valence-corrected chi connectivity index (χ0v) is 10.5. The van der Waals surface area contributed by atoms with Crippen molar-refractivity contribution in [3.63, 3.8) is 0 Å². The summed E-state index contributed by atoms with van der Waals surface area (Å²) in [5.41, 5.74) is 0.583. The summed E-state index contributed by atoms with van der Waals surface area (Å²) < 4.78 is 1.01. The van der Waals surface area contributed by atoms with Crippen LogP contribution >= 0.6 is 15.9 Å². The lowest BCUT2D eigenvalue weighted by molar-refractivity contribution is -0.120. The van der Waals surface area contributed by atoms with Crippen molar-refractivity contribution in [3.8, 4) is 6.07 Å². The highest BCUT2D eigenvalue weighted by Crippen LogP contribution is 2.38. The average Bonchev–Trinajstić information content (AvgIpc) is 2.32. The van der Waals surface area contributed by atoms with Gasteiger partial charge in [-0.25, -0.2) is 0 Å². The molecule has 0 amide bonds. The number of nitrogens with zero attached hydrogens (tertiary/aromatic N) is 1. The highest BCUT2D eigenvalue weighted by Gasteiger charge is 2.36. The van der Waals surface area contributed by atoms with E-state index in [1.54, 1.807) is 0 Å². The predicted molar refractivity (Wildman–Crippen MR) is 64.9 cm³/mol. The van der Waals surface area contributed by atoms with Gasteiger partial charge < -0.3 is 0 Å². The van der Waals surface area contributed by atoms with Gasteiger partial charge in [-0.15, -0.1) is 0 Å². The van der Waals surface area contributed by atoms with Gasteiger partial charge >= 0.3 is 0 Å². The number of rotatable bonds is 1. The lowest BCUT2D eigenvalue weighted by atomic mass is 9.70. The fourth-order valence-electron chi connectivity index (χ4n) is 2.19. The van der Waals surface area contributed by atoms with E-state index in [9.17, 15) is 10.1 Å². The molecule has 1 aromatic carbocycles. The Morgan fingerprint density at radius 2 is 1.75 bits per heavy atom. The third-order valence-corrected chi connectivity index (χ3v) is 3.80. The molecule has 1 aliphatic rings. The summed E-state index contributed by atoms with van der Waals surface area (Å²) in [6.07, 6.45) is 2.38. The van der Waals surface area contributed by atoms with Crippen molar-refractivity contribution in [2.24, 2.45) is 0 Å². The van der Waals surface area contributed by atoms with Crippen molar-refractivity contribution in [2.75, 3.05) is 0 Å². The fourth-order valence-corrected chi connectivity index (χ4v) is 2.45. The average molecular weight is 278 g/mol. The number of carbonyl (C=O) groups excluding carboxylic acids is 1. The van der Waals surface area contributed by atoms with Gasteiger partial charge in [-0.3, -0.25) is 4.79 Å². The largest absolute Gasteiger partial charge is 0.300 e. The van der Waals surface area contributed by atoms with Crippen molar-refractivity contribution in [3.05, 3.63) is 34.3 Å². The summed E-state index contributed by atoms with van der Waals surface area (Å²) >= 11 is 3.38. The molecule has 3 heteroatoms. The van der Waals surface area contributed by atoms with Crippen LogP contribution < -0.4 is 0 Å². The Labute approximate surface area is 103 Å². The number of halogens is 1. The summed E-state index contributed by atoms with van der Waals surface area (Å²) in [7, 11) is 0. The summed E-state index contributed by atoms with van der Waals surface area (Å²) in [5.74, 6) is 0.281. The van der Waals surface area contributed by atoms with E-state index >= 15 is 0 Å². The van der Waals surface area contributed by atoms with Crippen LogP contribution in [0.3, 0.4) is 0 Å². The quantitative estimate of drug-likeness (QED) is 0.790. The maximum atomic E-state index is 11.2. The van der Waals surface area contributed by atoms with Crippen LogP contribution in [0.5, 0.6) is 0 Å². The van der Waals surface area contributed by atoms with Crippen LogP contribution in [0, 0.1) is 11.3 Å². The minimum atomic E-state index is -0.450. The zero-order valence-electron chi connectivity index (χ0n) is 8.87. The van der Waals surface area contributed by atoms with Gasteiger partial charge in [-0.1, -0.05) is 28.1 Å². The molecule has 1 aromatic rings. The van der Waals surface area contributed by atoms with E-state index in [0.29, 0.717) is 25.7 Å². The Morgan fingerprint density at radius 3 is 2.25 bits per heavy atom. The Morgan fingerprint density at radius 1 is 1.19 bits per heavy atom. The standard InChI is InChI=1S/C13H12BrNO/c14-11-3-1-10(2-4-11)13(9-15)7-5-12(16)6-8-13/h1-4H,5-8H2. The number of nitriles is 1. The van der Waals surface area contributed by atoms with Crippen molar-refractivity contribution < 1.29 is 4.79 Å². The summed E-state index contributed by atoms with van der Waals surface area (Å²) in [6.45, 7) is 0. The molecular weight excluding hydrogens is 266 g/mol. The molecule has 0 saturated heterocycles. The lowest BCUT2D eigenvalue weighted by Crippen LogP contribution is -2.30. The van der Waals surface area contributed by atoms with Gasteiger partial charge in [0.15, 0.2) is 0 Å². The van der Waals surface area contributed by atoms with E-state index in [1.165, 1.54) is 0 Å². The van der Waals surface area contributed by atoms with Gasteiger partial charge in [0.25, 0.3) is 0 Å². The van der Waals surface area contributed by atoms with Crippen molar-refractivity contribution in [1.29, 1.82) is 5.26 Å². The molecule has 1 fully saturated rings. The number of carbonyl (C=O) groups is 1. The second-order valence-electron chi connectivity index (χ2n) is 4.24. The van der Waals surface area contributed by atoms with Crippen LogP contribution in [0.25, 0.3) is 0 Å². The van der Waals surface area contributed by atoms with E-state index < -0.39 is 5.41 Å². The Kier molecular flexibility index (Phi) is 3.11. The third kappa shape index (κ3) is 2.03. The van der Waals surface area contributed by atoms with Gasteiger partial charge in [0.2, 0.25) is 0 Å². The molecular formula is C13H12BrNO. The Hall–Kier alpha value is -1.14. The molecule has 0 radical (unpaired) electrons. The first-order chi connectivity index (χ1) is 7.66. The number of ketones is 1. The topological polar surface area (TPSA) is 40.9 Å². The number of Topliss-reactive ketones (excluding diaryl/α,β-unsaturated/α-hetero) is 1. The van der Waals surface area contributed by atoms with Gasteiger partial charge in [-0.05, 0) is 30.5 Å². The molecule has 82 valence electrons. The number of hydrogen-bond acceptors (Lipinski definition) is 2. The first kappa shape index (κ1) is 11.3. The SMILES string of the molecule is N#CC1(c2ccc(Br)cc2)CCC(=O)CC1. The molecule has 2 rings (SSSR count). The monoisotopic (exact) mass is 277 g/mol. The van der Waals surface area contributed by atoms with E-state index in [1.807, 2.05) is 24.3 Å². The normalized spacial score (nSPS) is 19.1. The van der Waals surface area contributed by atoms with E-state index in [4.69, 9.17) is 0 Å². The number of benzene rings is 1. The molecule has 0 heterocycles. The van der Waals surface area contributed by atoms with Crippen LogP contribution in [0.15, 0.2) is 28.7 Å². The maximum Gasteiger partial charge on any atom is 0.133 e. The van der Waals surface area contributed by atoms with Gasteiger partial charge in [0.1, 0.15) is 5.78 Å². The van der Waals surface area contributed by atoms with Gasteiger partial charge in [0, 0.05) is 17.3 Å². The van der Waals surface area contributed by atoms with Gasteiger partial charge in [-0.2, -0.15) is 5.26 Å². The minimum absolute atomic E-state index is 0.281. The smallest absolute Gasteiger partial charge is 0.133 e. The van der Waals surface area contributed by atoms with Crippen LogP contribution in [-0.4, -0.2) is 5.78 Å². The maximum absolute atomic E-state index is 11.2. The molecule has 0 bridgehead atoms. The lowest BCUT2D eigenvalue weighted by Gasteiger charge is -2.30. The Bertz CT molecular complexity index is 434. The van der Waals surface area contributed by atoms with E-state index in [0.717, 1.165) is 10.0 Å². The van der Waals surface area contributed by atoms with Crippen LogP contribution in [0.4, 0.5) is 0 Å². The molecule has 0 spiro atoms. The second kappa shape index (κ2) is 4.39. The molecule has 0 atom stereocenters. The molecule has 1 aliphatic carbocycles. The highest BCUT2D eigenvalue weighted by atomic mass is 79.9. The zero-order chi connectivity index (χ0) is 11.6. The third-order valence-electron chi connectivity index (χ3n) is 3.27. The summed E-state index contributed by atoms with van der Waals surface area (Å²) in [5, 5.41) is 9.38. The first-order valence-corrected chi connectivity index (χ1v) is 6.15. The first-order valence-electron chi connectivity index (χ1n) is 5.35. The Balaban J connectivity index is 2.32. The molecule has 0 aliphatic heterocycles. The molecule has 1 saturated carbocycles. The van der Waals surface area contributed by atoms with Crippen molar-refractivity contribution >= 4 is 21.7 Å². The van der Waals surface area contributed by atoms with Crippen molar-refractivity contribution in [2.45, 2.75) is 31.1 Å². The molecule has 0 N–H and O–H groups in total. The van der Waals surface area contributed by atoms with E-state index in [-0.39, 0.29) is 5.78 Å². The summed E-state index contributed by atoms with van der Waals surface area (Å²) in [6, 6.07) is 10.3. The fraction of sp³-hybridized carbons (Fsp3) is 0.385. The minimum Gasteiger partial charge on any atom is -0.300 e. The van der Waals surface area contributed by atoms with Gasteiger partial charge in [0.05, 0.1) is 11.5 Å². The van der Waals surface area contributed by atoms with Crippen LogP contribution in [0.2, 0.25) is 0 Å². The van der Waals surface area contributed by atoms with Crippen LogP contribution in [0.1, 0.15) is 31.2 Å². The second-order valence-corrected chi connectivity index (χ2v) is 5.16. The van der Waals surface area contributed by atoms with Crippen molar-refractivity contribution in [1.82, 2.24) is 0 Å². The predicted octanol–water partition coefficient (Wildman–Crippen LogP) is 3.35. The molecule has 2 nitrogen and oxygen atoms in total. The molecule has 0 aromatic heterocycles. The number of hydrogen-bond donors (Lipinski definition) is 0.